The van der Waals surface area contributed by atoms with Crippen molar-refractivity contribution in [3.8, 4) is 0 Å². The van der Waals surface area contributed by atoms with Gasteiger partial charge in [0, 0.05) is 24.3 Å². The van der Waals surface area contributed by atoms with Gasteiger partial charge < -0.3 is 8.85 Å². The quantitative estimate of drug-likeness (QED) is 0.659. The third-order valence-corrected chi connectivity index (χ3v) is 9.24. The van der Waals surface area contributed by atoms with Crippen LogP contribution in [0.2, 0.25) is 11.1 Å². The molecule has 2 unspecified atom stereocenters. The van der Waals surface area contributed by atoms with Gasteiger partial charge in [-0.05, 0) is 32.1 Å². The van der Waals surface area contributed by atoms with Crippen LogP contribution in [-0.2, 0) is 8.85 Å². The van der Waals surface area contributed by atoms with Crippen LogP contribution >= 0.6 is 0 Å². The van der Waals surface area contributed by atoms with E-state index in [1.807, 2.05) is 0 Å². The van der Waals surface area contributed by atoms with Crippen molar-refractivity contribution < 1.29 is 8.85 Å². The maximum Gasteiger partial charge on any atom is 0.345 e. The minimum atomic E-state index is -1.93. The lowest BCUT2D eigenvalue weighted by Gasteiger charge is -2.55. The fraction of sp³-hybridized carbons (Fsp3) is 1.00. The van der Waals surface area contributed by atoms with Gasteiger partial charge in [0.25, 0.3) is 0 Å². The van der Waals surface area contributed by atoms with E-state index >= 15 is 0 Å². The van der Waals surface area contributed by atoms with Crippen molar-refractivity contribution in [3.63, 3.8) is 0 Å². The second-order valence-electron chi connectivity index (χ2n) is 5.52. The Morgan fingerprint density at radius 2 is 1.31 bits per heavy atom. The van der Waals surface area contributed by atoms with Gasteiger partial charge in [0.1, 0.15) is 0 Å². The Bertz CT molecular complexity index is 194. The predicted octanol–water partition coefficient (Wildman–Crippen LogP) is 3.96. The molecule has 0 amide bonds. The Labute approximate surface area is 102 Å². The van der Waals surface area contributed by atoms with Crippen LogP contribution in [0.4, 0.5) is 0 Å². The van der Waals surface area contributed by atoms with Crippen molar-refractivity contribution in [3.05, 3.63) is 0 Å². The van der Waals surface area contributed by atoms with Crippen molar-refractivity contribution in [1.82, 2.24) is 0 Å². The number of rotatable bonds is 6. The zero-order chi connectivity index (χ0) is 12.3. The van der Waals surface area contributed by atoms with Crippen LogP contribution in [0.1, 0.15) is 48.0 Å². The van der Waals surface area contributed by atoms with Crippen molar-refractivity contribution in [2.75, 3.05) is 13.2 Å². The molecule has 0 aromatic rings. The molecule has 0 aromatic heterocycles. The van der Waals surface area contributed by atoms with E-state index in [0.29, 0.717) is 22.9 Å². The van der Waals surface area contributed by atoms with Crippen molar-refractivity contribution in [2.45, 2.75) is 59.0 Å². The third-order valence-electron chi connectivity index (χ3n) is 3.89. The normalized spacial score (nSPS) is 28.5. The van der Waals surface area contributed by atoms with Gasteiger partial charge in [0.05, 0.1) is 0 Å². The van der Waals surface area contributed by atoms with E-state index in [1.54, 1.807) is 0 Å². The highest BCUT2D eigenvalue weighted by molar-refractivity contribution is 6.73. The molecule has 2 nitrogen and oxygen atoms in total. The summed E-state index contributed by atoms with van der Waals surface area (Å²) < 4.78 is 12.3. The highest BCUT2D eigenvalue weighted by Gasteiger charge is 2.63. The molecule has 1 heterocycles. The molecule has 1 rings (SSSR count). The van der Waals surface area contributed by atoms with Crippen LogP contribution in [0.15, 0.2) is 0 Å². The lowest BCUT2D eigenvalue weighted by Crippen LogP contribution is -2.62. The second-order valence-corrected chi connectivity index (χ2v) is 9.03. The lowest BCUT2D eigenvalue weighted by atomic mass is 9.97. The van der Waals surface area contributed by atoms with Gasteiger partial charge in [-0.3, -0.25) is 0 Å². The SMILES string of the molecule is CCO[Si]1(OCC)C(C(C)C)CC1C(C)C. The first kappa shape index (κ1) is 14.2. The van der Waals surface area contributed by atoms with Gasteiger partial charge in [0.15, 0.2) is 0 Å². The Morgan fingerprint density at radius 3 is 1.56 bits per heavy atom. The molecule has 0 bridgehead atoms. The van der Waals surface area contributed by atoms with Crippen LogP contribution in [0.25, 0.3) is 0 Å². The standard InChI is InChI=1S/C13H28O2Si/c1-7-14-16(15-8-2)12(10(3)4)9-13(16)11(5)6/h10-13H,7-9H2,1-6H3. The Morgan fingerprint density at radius 1 is 0.938 bits per heavy atom. The molecule has 96 valence electrons. The number of hydrogen-bond donors (Lipinski definition) is 0. The van der Waals surface area contributed by atoms with E-state index in [4.69, 9.17) is 8.85 Å². The number of hydrogen-bond acceptors (Lipinski definition) is 2. The molecule has 2 atom stereocenters. The topological polar surface area (TPSA) is 18.5 Å². The molecule has 0 aliphatic carbocycles. The van der Waals surface area contributed by atoms with Crippen LogP contribution in [0, 0.1) is 11.8 Å². The summed E-state index contributed by atoms with van der Waals surface area (Å²) in [6.45, 7) is 15.0. The first-order chi connectivity index (χ1) is 7.49. The van der Waals surface area contributed by atoms with E-state index in [1.165, 1.54) is 6.42 Å². The van der Waals surface area contributed by atoms with Crippen molar-refractivity contribution in [2.24, 2.45) is 11.8 Å². The Kier molecular flexibility index (Phi) is 5.01. The van der Waals surface area contributed by atoms with Crippen LogP contribution < -0.4 is 0 Å². The molecule has 0 N–H and O–H groups in total. The average molecular weight is 244 g/mol. The minimum absolute atomic E-state index is 0.694. The molecule has 0 radical (unpaired) electrons. The predicted molar refractivity (Wildman–Crippen MR) is 70.8 cm³/mol. The first-order valence-corrected chi connectivity index (χ1v) is 8.74. The molecule has 3 heteroatoms. The van der Waals surface area contributed by atoms with Gasteiger partial charge in [-0.15, -0.1) is 0 Å². The molecule has 1 saturated heterocycles. The second kappa shape index (κ2) is 5.65. The maximum absolute atomic E-state index is 6.17. The summed E-state index contributed by atoms with van der Waals surface area (Å²) in [4.78, 5) is 0. The fourth-order valence-electron chi connectivity index (χ4n) is 3.11. The Hall–Kier alpha value is 0.137. The van der Waals surface area contributed by atoms with E-state index in [0.717, 1.165) is 13.2 Å². The zero-order valence-corrected chi connectivity index (χ0v) is 12.7. The van der Waals surface area contributed by atoms with Crippen LogP contribution in [0.5, 0.6) is 0 Å². The van der Waals surface area contributed by atoms with Gasteiger partial charge in [-0.2, -0.15) is 0 Å². The van der Waals surface area contributed by atoms with Crippen LogP contribution in [0.3, 0.4) is 0 Å². The van der Waals surface area contributed by atoms with E-state index in [9.17, 15) is 0 Å². The first-order valence-electron chi connectivity index (χ1n) is 6.77. The fourth-order valence-corrected chi connectivity index (χ4v) is 8.09. The van der Waals surface area contributed by atoms with Gasteiger partial charge >= 0.3 is 8.56 Å². The van der Waals surface area contributed by atoms with Gasteiger partial charge in [-0.1, -0.05) is 27.7 Å². The minimum Gasteiger partial charge on any atom is -0.394 e. The summed E-state index contributed by atoms with van der Waals surface area (Å²) in [5, 5.41) is 0. The Balaban J connectivity index is 2.85. The van der Waals surface area contributed by atoms with Crippen molar-refractivity contribution in [1.29, 1.82) is 0 Å². The lowest BCUT2D eigenvalue weighted by molar-refractivity contribution is 0.110. The van der Waals surface area contributed by atoms with E-state index < -0.39 is 8.56 Å². The zero-order valence-electron chi connectivity index (χ0n) is 11.7. The molecular weight excluding hydrogens is 216 g/mol. The summed E-state index contributed by atoms with van der Waals surface area (Å²) in [6, 6.07) is 0. The summed E-state index contributed by atoms with van der Waals surface area (Å²) in [5.41, 5.74) is 1.39. The van der Waals surface area contributed by atoms with Crippen molar-refractivity contribution >= 4 is 8.56 Å². The highest BCUT2D eigenvalue weighted by Crippen LogP contribution is 2.58. The van der Waals surface area contributed by atoms with Gasteiger partial charge in [-0.25, -0.2) is 0 Å². The average Bonchev–Trinajstić information content (AvgIpc) is 2.14. The molecule has 1 aliphatic rings. The van der Waals surface area contributed by atoms with E-state index in [-0.39, 0.29) is 0 Å². The smallest absolute Gasteiger partial charge is 0.345 e. The molecule has 16 heavy (non-hydrogen) atoms. The molecule has 0 aromatic carbocycles. The molecule has 0 saturated carbocycles. The molecular formula is C13H28O2Si. The molecule has 1 aliphatic heterocycles. The maximum atomic E-state index is 6.17. The monoisotopic (exact) mass is 244 g/mol. The largest absolute Gasteiger partial charge is 0.394 e. The molecule has 0 spiro atoms. The van der Waals surface area contributed by atoms with Crippen LogP contribution in [-0.4, -0.2) is 21.8 Å². The molecule has 1 fully saturated rings. The highest BCUT2D eigenvalue weighted by atomic mass is 28.4. The van der Waals surface area contributed by atoms with Gasteiger partial charge in [0.2, 0.25) is 0 Å². The summed E-state index contributed by atoms with van der Waals surface area (Å²) in [6.07, 6.45) is 1.31. The summed E-state index contributed by atoms with van der Waals surface area (Å²) in [5.74, 6) is 1.39. The third kappa shape index (κ3) is 2.36. The summed E-state index contributed by atoms with van der Waals surface area (Å²) >= 11 is 0. The van der Waals surface area contributed by atoms with E-state index in [2.05, 4.69) is 41.5 Å². The summed E-state index contributed by atoms with van der Waals surface area (Å²) in [7, 11) is -1.93.